The Labute approximate surface area is 151 Å². The Balaban J connectivity index is 2.04. The summed E-state index contributed by atoms with van der Waals surface area (Å²) in [5.74, 6) is 1.17. The van der Waals surface area contributed by atoms with Crippen LogP contribution >= 0.6 is 0 Å². The van der Waals surface area contributed by atoms with E-state index in [1.165, 1.54) is 5.56 Å². The van der Waals surface area contributed by atoms with Gasteiger partial charge in [0.1, 0.15) is 11.5 Å². The quantitative estimate of drug-likeness (QED) is 0.707. The van der Waals surface area contributed by atoms with Gasteiger partial charge in [-0.15, -0.1) is 0 Å². The average Bonchev–Trinajstić information content (AvgIpc) is 2.55. The first-order valence-electron chi connectivity index (χ1n) is 9.01. The molecule has 0 heterocycles. The van der Waals surface area contributed by atoms with E-state index in [0.29, 0.717) is 5.75 Å². The average molecular weight is 342 g/mol. The van der Waals surface area contributed by atoms with Gasteiger partial charge in [-0.3, -0.25) is 0 Å². The van der Waals surface area contributed by atoms with Crippen molar-refractivity contribution < 1.29 is 14.6 Å². The predicted octanol–water partition coefficient (Wildman–Crippen LogP) is 5.30. The standard InChI is InChI=1S/C22H30O3/c1-6-24-16(2)15-17(3)25-21-13-9-19(10-14-21)22(4,5)18-7-11-20(23)12-8-18/h7-14,16-17,23H,6,15H2,1-5H3. The fourth-order valence-corrected chi connectivity index (χ4v) is 3.10. The summed E-state index contributed by atoms with van der Waals surface area (Å²) in [7, 11) is 0. The third-order valence-corrected chi connectivity index (χ3v) is 4.62. The number of phenolic OH excluding ortho intramolecular Hbond substituents is 1. The second-order valence-electron chi connectivity index (χ2n) is 7.13. The van der Waals surface area contributed by atoms with Gasteiger partial charge in [0.25, 0.3) is 0 Å². The summed E-state index contributed by atoms with van der Waals surface area (Å²) in [5, 5.41) is 9.48. The lowest BCUT2D eigenvalue weighted by molar-refractivity contribution is 0.0424. The molecular weight excluding hydrogens is 312 g/mol. The van der Waals surface area contributed by atoms with Gasteiger partial charge in [-0.1, -0.05) is 38.1 Å². The van der Waals surface area contributed by atoms with E-state index >= 15 is 0 Å². The highest BCUT2D eigenvalue weighted by molar-refractivity contribution is 5.41. The first kappa shape index (κ1) is 19.3. The maximum Gasteiger partial charge on any atom is 0.119 e. The highest BCUT2D eigenvalue weighted by Gasteiger charge is 2.23. The molecule has 3 heteroatoms. The zero-order valence-electron chi connectivity index (χ0n) is 16.0. The smallest absolute Gasteiger partial charge is 0.119 e. The Hall–Kier alpha value is -2.00. The topological polar surface area (TPSA) is 38.7 Å². The van der Waals surface area contributed by atoms with Gasteiger partial charge in [-0.05, 0) is 56.2 Å². The van der Waals surface area contributed by atoms with Gasteiger partial charge in [0.2, 0.25) is 0 Å². The van der Waals surface area contributed by atoms with Crippen LogP contribution in [0.15, 0.2) is 48.5 Å². The van der Waals surface area contributed by atoms with Crippen molar-refractivity contribution in [2.45, 2.75) is 58.7 Å². The molecule has 2 aromatic rings. The minimum Gasteiger partial charge on any atom is -0.508 e. The minimum absolute atomic E-state index is 0.109. The molecule has 0 amide bonds. The zero-order valence-corrected chi connectivity index (χ0v) is 16.0. The molecule has 2 atom stereocenters. The molecule has 2 unspecified atom stereocenters. The van der Waals surface area contributed by atoms with Crippen LogP contribution in [0.1, 0.15) is 52.2 Å². The lowest BCUT2D eigenvalue weighted by Gasteiger charge is -2.26. The first-order valence-corrected chi connectivity index (χ1v) is 9.01. The normalized spacial score (nSPS) is 14.1. The van der Waals surface area contributed by atoms with E-state index in [0.717, 1.165) is 24.3 Å². The first-order chi connectivity index (χ1) is 11.8. The van der Waals surface area contributed by atoms with Crippen LogP contribution in [0.5, 0.6) is 11.5 Å². The lowest BCUT2D eigenvalue weighted by atomic mass is 9.78. The second kappa shape index (κ2) is 8.39. The van der Waals surface area contributed by atoms with Crippen molar-refractivity contribution in [3.8, 4) is 11.5 Å². The van der Waals surface area contributed by atoms with E-state index in [1.807, 2.05) is 31.2 Å². The van der Waals surface area contributed by atoms with Gasteiger partial charge >= 0.3 is 0 Å². The van der Waals surface area contributed by atoms with Gasteiger partial charge in [-0.2, -0.15) is 0 Å². The van der Waals surface area contributed by atoms with E-state index in [-0.39, 0.29) is 17.6 Å². The molecule has 0 fully saturated rings. The molecule has 0 radical (unpaired) electrons. The van der Waals surface area contributed by atoms with Crippen molar-refractivity contribution in [2.24, 2.45) is 0 Å². The molecule has 0 spiro atoms. The molecule has 0 aliphatic carbocycles. The predicted molar refractivity (Wildman–Crippen MR) is 102 cm³/mol. The molecule has 1 N–H and O–H groups in total. The van der Waals surface area contributed by atoms with Gasteiger partial charge in [0.15, 0.2) is 0 Å². The van der Waals surface area contributed by atoms with Crippen LogP contribution in [0.2, 0.25) is 0 Å². The minimum atomic E-state index is -0.138. The van der Waals surface area contributed by atoms with Crippen molar-refractivity contribution in [2.75, 3.05) is 6.61 Å². The Bertz CT molecular complexity index is 644. The zero-order chi connectivity index (χ0) is 18.4. The summed E-state index contributed by atoms with van der Waals surface area (Å²) in [6, 6.07) is 15.7. The fraction of sp³-hybridized carbons (Fsp3) is 0.455. The molecular formula is C22H30O3. The Morgan fingerprint density at radius 3 is 1.92 bits per heavy atom. The van der Waals surface area contributed by atoms with Crippen LogP contribution in [0.25, 0.3) is 0 Å². The van der Waals surface area contributed by atoms with Gasteiger partial charge in [0, 0.05) is 18.4 Å². The molecule has 3 nitrogen and oxygen atoms in total. The molecule has 2 rings (SSSR count). The molecule has 0 bridgehead atoms. The Morgan fingerprint density at radius 1 is 0.880 bits per heavy atom. The van der Waals surface area contributed by atoms with Crippen LogP contribution in [0, 0.1) is 0 Å². The third kappa shape index (κ3) is 5.23. The number of phenols is 1. The van der Waals surface area contributed by atoms with E-state index in [2.05, 4.69) is 39.8 Å². The highest BCUT2D eigenvalue weighted by atomic mass is 16.5. The summed E-state index contributed by atoms with van der Waals surface area (Å²) in [6.07, 6.45) is 1.18. The van der Waals surface area contributed by atoms with Crippen LogP contribution in [-0.4, -0.2) is 23.9 Å². The number of hydrogen-bond acceptors (Lipinski definition) is 3. The summed E-state index contributed by atoms with van der Waals surface area (Å²) in [5.41, 5.74) is 2.24. The summed E-state index contributed by atoms with van der Waals surface area (Å²) in [4.78, 5) is 0. The van der Waals surface area contributed by atoms with E-state index in [4.69, 9.17) is 9.47 Å². The Kier molecular flexibility index (Phi) is 6.49. The van der Waals surface area contributed by atoms with E-state index < -0.39 is 0 Å². The van der Waals surface area contributed by atoms with Crippen molar-refractivity contribution in [3.63, 3.8) is 0 Å². The summed E-state index contributed by atoms with van der Waals surface area (Å²) in [6.45, 7) is 11.3. The summed E-state index contributed by atoms with van der Waals surface area (Å²) >= 11 is 0. The molecule has 25 heavy (non-hydrogen) atoms. The molecule has 2 aromatic carbocycles. The monoisotopic (exact) mass is 342 g/mol. The van der Waals surface area contributed by atoms with Crippen molar-refractivity contribution in [3.05, 3.63) is 59.7 Å². The van der Waals surface area contributed by atoms with Crippen LogP contribution in [0.4, 0.5) is 0 Å². The number of rotatable bonds is 8. The van der Waals surface area contributed by atoms with Crippen LogP contribution in [-0.2, 0) is 10.2 Å². The molecule has 136 valence electrons. The van der Waals surface area contributed by atoms with E-state index in [9.17, 15) is 5.11 Å². The molecule has 0 aliphatic rings. The van der Waals surface area contributed by atoms with Crippen LogP contribution < -0.4 is 4.74 Å². The van der Waals surface area contributed by atoms with Gasteiger partial charge < -0.3 is 14.6 Å². The lowest BCUT2D eigenvalue weighted by Crippen LogP contribution is -2.21. The second-order valence-corrected chi connectivity index (χ2v) is 7.13. The van der Waals surface area contributed by atoms with Gasteiger partial charge in [-0.25, -0.2) is 0 Å². The molecule has 0 aliphatic heterocycles. The van der Waals surface area contributed by atoms with Gasteiger partial charge in [0.05, 0.1) is 12.2 Å². The van der Waals surface area contributed by atoms with Crippen molar-refractivity contribution in [1.82, 2.24) is 0 Å². The maximum absolute atomic E-state index is 9.48. The van der Waals surface area contributed by atoms with Crippen molar-refractivity contribution in [1.29, 1.82) is 0 Å². The number of benzene rings is 2. The molecule has 0 saturated heterocycles. The van der Waals surface area contributed by atoms with E-state index in [1.54, 1.807) is 12.1 Å². The fourth-order valence-electron chi connectivity index (χ4n) is 3.10. The number of ether oxygens (including phenoxy) is 2. The Morgan fingerprint density at radius 2 is 1.40 bits per heavy atom. The number of hydrogen-bond donors (Lipinski definition) is 1. The maximum atomic E-state index is 9.48. The molecule has 0 aromatic heterocycles. The number of aromatic hydroxyl groups is 1. The highest BCUT2D eigenvalue weighted by Crippen LogP contribution is 2.33. The van der Waals surface area contributed by atoms with Crippen molar-refractivity contribution >= 4 is 0 Å². The molecule has 0 saturated carbocycles. The third-order valence-electron chi connectivity index (χ3n) is 4.62. The SMILES string of the molecule is CCOC(C)CC(C)Oc1ccc(C(C)(C)c2ccc(O)cc2)cc1. The summed E-state index contributed by atoms with van der Waals surface area (Å²) < 4.78 is 11.6. The van der Waals surface area contributed by atoms with Crippen LogP contribution in [0.3, 0.4) is 0 Å². The largest absolute Gasteiger partial charge is 0.508 e.